The predicted molar refractivity (Wildman–Crippen MR) is 86.4 cm³/mol. The first-order chi connectivity index (χ1) is 11.1. The van der Waals surface area contributed by atoms with Crippen molar-refractivity contribution in [1.29, 1.82) is 0 Å². The average Bonchev–Trinajstić information content (AvgIpc) is 2.55. The van der Waals surface area contributed by atoms with Crippen LogP contribution in [0, 0.1) is 0 Å². The second-order valence-corrected chi connectivity index (χ2v) is 5.47. The fourth-order valence-electron chi connectivity index (χ4n) is 2.94. The molecular weight excluding hydrogens is 292 g/mol. The van der Waals surface area contributed by atoms with Gasteiger partial charge in [-0.25, -0.2) is 0 Å². The van der Waals surface area contributed by atoms with Crippen LogP contribution in [0.25, 0.3) is 28.5 Å². The van der Waals surface area contributed by atoms with Gasteiger partial charge >= 0.3 is 0 Å². The second-order valence-electron chi connectivity index (χ2n) is 5.47. The molecule has 0 radical (unpaired) electrons. The molecule has 1 N–H and O–H groups in total. The van der Waals surface area contributed by atoms with Crippen molar-refractivity contribution in [2.45, 2.75) is 6.42 Å². The van der Waals surface area contributed by atoms with Crippen LogP contribution in [0.5, 0.6) is 0 Å². The third-order valence-corrected chi connectivity index (χ3v) is 3.99. The number of benzene rings is 2. The van der Waals surface area contributed by atoms with Gasteiger partial charge in [0.1, 0.15) is 11.5 Å². The lowest BCUT2D eigenvalue weighted by Crippen LogP contribution is -2.14. The Hall–Kier alpha value is -3.14. The Kier molecular flexibility index (Phi) is 2.91. The van der Waals surface area contributed by atoms with E-state index in [1.807, 2.05) is 30.3 Å². The molecule has 0 amide bonds. The largest absolute Gasteiger partial charge is 0.504 e. The monoisotopic (exact) mass is 304 g/mol. The number of aliphatic hydroxyl groups excluding tert-OH is 1. The quantitative estimate of drug-likeness (QED) is 0.748. The van der Waals surface area contributed by atoms with E-state index in [2.05, 4.69) is 0 Å². The molecule has 0 saturated carbocycles. The van der Waals surface area contributed by atoms with Gasteiger partial charge in [-0.1, -0.05) is 30.3 Å². The van der Waals surface area contributed by atoms with Gasteiger partial charge in [0.15, 0.2) is 11.2 Å². The molecule has 1 aromatic carbocycles. The highest BCUT2D eigenvalue weighted by atomic mass is 16.3. The number of allylic oxidation sites excluding steroid dienone is 1. The van der Waals surface area contributed by atoms with E-state index in [0.29, 0.717) is 11.5 Å². The average molecular weight is 304 g/mol. The highest BCUT2D eigenvalue weighted by Crippen LogP contribution is 2.40. The van der Waals surface area contributed by atoms with E-state index in [1.54, 1.807) is 6.07 Å². The summed E-state index contributed by atoms with van der Waals surface area (Å²) in [6.45, 7) is 0. The lowest BCUT2D eigenvalue weighted by molar-refractivity contribution is -0.117. The number of fused-ring (bicyclic) bond motifs is 2. The van der Waals surface area contributed by atoms with E-state index in [9.17, 15) is 14.7 Å². The first-order valence-electron chi connectivity index (χ1n) is 7.22. The van der Waals surface area contributed by atoms with Crippen LogP contribution in [-0.4, -0.2) is 10.9 Å². The molecule has 23 heavy (non-hydrogen) atoms. The van der Waals surface area contributed by atoms with Gasteiger partial charge in [0, 0.05) is 29.7 Å². The van der Waals surface area contributed by atoms with E-state index in [-0.39, 0.29) is 23.4 Å². The number of carbonyl (C=O) groups excluding carboxylic acids is 1. The zero-order chi connectivity index (χ0) is 16.0. The number of ketones is 1. The fourth-order valence-corrected chi connectivity index (χ4v) is 2.94. The van der Waals surface area contributed by atoms with Gasteiger partial charge in [0.05, 0.1) is 0 Å². The molecule has 0 spiro atoms. The topological polar surface area (TPSA) is 67.5 Å². The van der Waals surface area contributed by atoms with Gasteiger partial charge in [-0.3, -0.25) is 9.59 Å². The normalized spacial score (nSPS) is 13.7. The summed E-state index contributed by atoms with van der Waals surface area (Å²) in [4.78, 5) is 23.6. The molecule has 0 bridgehead atoms. The molecular formula is C19H12O4. The van der Waals surface area contributed by atoms with Crippen LogP contribution >= 0.6 is 0 Å². The molecule has 1 heterocycles. The Morgan fingerprint density at radius 1 is 1.00 bits per heavy atom. The first-order valence-corrected chi connectivity index (χ1v) is 7.22. The van der Waals surface area contributed by atoms with E-state index in [4.69, 9.17) is 4.42 Å². The molecule has 0 unspecified atom stereocenters. The number of Topliss-reactive ketones (excluding diaryl/α,β-unsaturated/α-hetero) is 1. The van der Waals surface area contributed by atoms with Gasteiger partial charge < -0.3 is 9.52 Å². The minimum atomic E-state index is -0.343. The van der Waals surface area contributed by atoms with Crippen molar-refractivity contribution in [2.24, 2.45) is 0 Å². The van der Waals surface area contributed by atoms with Crippen molar-refractivity contribution in [2.75, 3.05) is 0 Å². The van der Waals surface area contributed by atoms with Crippen molar-refractivity contribution < 1.29 is 14.3 Å². The zero-order valence-electron chi connectivity index (χ0n) is 12.1. The smallest absolute Gasteiger partial charge is 0.201 e. The third kappa shape index (κ3) is 2.16. The predicted octanol–water partition coefficient (Wildman–Crippen LogP) is 3.44. The van der Waals surface area contributed by atoms with E-state index >= 15 is 0 Å². The summed E-state index contributed by atoms with van der Waals surface area (Å²) in [7, 11) is 0. The first kappa shape index (κ1) is 13.5. The maximum Gasteiger partial charge on any atom is 0.201 e. The van der Waals surface area contributed by atoms with Crippen LogP contribution in [0.3, 0.4) is 0 Å². The third-order valence-electron chi connectivity index (χ3n) is 3.99. The van der Waals surface area contributed by atoms with Gasteiger partial charge in [-0.05, 0) is 23.3 Å². The van der Waals surface area contributed by atoms with Crippen molar-refractivity contribution in [3.63, 3.8) is 0 Å². The molecule has 0 atom stereocenters. The molecule has 1 aromatic rings. The van der Waals surface area contributed by atoms with Crippen molar-refractivity contribution in [1.82, 2.24) is 0 Å². The zero-order valence-corrected chi connectivity index (χ0v) is 12.1. The number of aliphatic hydroxyl groups is 1. The Balaban J connectivity index is 2.14. The van der Waals surface area contributed by atoms with Gasteiger partial charge in [-0.15, -0.1) is 0 Å². The molecule has 112 valence electrons. The summed E-state index contributed by atoms with van der Waals surface area (Å²) >= 11 is 0. The fraction of sp³-hybridized carbons (Fsp3) is 0.0526. The van der Waals surface area contributed by atoms with E-state index < -0.39 is 0 Å². The molecule has 0 aromatic heterocycles. The Morgan fingerprint density at radius 3 is 2.57 bits per heavy atom. The Bertz CT molecular complexity index is 980. The lowest BCUT2D eigenvalue weighted by Gasteiger charge is -2.20. The minimum Gasteiger partial charge on any atom is -0.504 e. The Morgan fingerprint density at radius 2 is 1.78 bits per heavy atom. The molecule has 4 heteroatoms. The van der Waals surface area contributed by atoms with Crippen LogP contribution < -0.4 is 5.43 Å². The standard InChI is InChI=1S/C19H12O4/c20-12-6-7-13-17(8-12)23-18-10-16(22)15(21)9-14(18)19(13)11-4-2-1-3-5-11/h1-8,10,22H,9H2. The molecule has 2 aliphatic carbocycles. The molecule has 1 aliphatic heterocycles. The Labute approximate surface area is 131 Å². The van der Waals surface area contributed by atoms with Gasteiger partial charge in [0.25, 0.3) is 0 Å². The molecule has 4 rings (SSSR count). The highest BCUT2D eigenvalue weighted by Gasteiger charge is 2.27. The minimum absolute atomic E-state index is 0.0699. The maximum absolute atomic E-state index is 11.9. The van der Waals surface area contributed by atoms with Gasteiger partial charge in [0.2, 0.25) is 5.78 Å². The van der Waals surface area contributed by atoms with Crippen LogP contribution in [0.4, 0.5) is 0 Å². The summed E-state index contributed by atoms with van der Waals surface area (Å²) in [5.41, 5.74) is 3.15. The summed E-state index contributed by atoms with van der Waals surface area (Å²) < 4.78 is 5.76. The maximum atomic E-state index is 11.9. The molecule has 0 saturated heterocycles. The molecule has 3 aliphatic rings. The van der Waals surface area contributed by atoms with Gasteiger partial charge in [-0.2, -0.15) is 0 Å². The van der Waals surface area contributed by atoms with Crippen LogP contribution in [0.1, 0.15) is 11.3 Å². The van der Waals surface area contributed by atoms with Crippen LogP contribution in [-0.2, 0) is 11.2 Å². The number of hydrogen-bond acceptors (Lipinski definition) is 4. The summed E-state index contributed by atoms with van der Waals surface area (Å²) in [6.07, 6.45) is 1.39. The van der Waals surface area contributed by atoms with Crippen molar-refractivity contribution in [3.8, 4) is 22.5 Å². The molecule has 0 fully saturated rings. The second kappa shape index (κ2) is 4.95. The SMILES string of the molecule is O=C1Cc2c(oc3cc(=O)ccc-3c2-c2ccccc2)C=C1O. The highest BCUT2D eigenvalue weighted by molar-refractivity contribution is 6.03. The van der Waals surface area contributed by atoms with Crippen LogP contribution in [0.2, 0.25) is 0 Å². The van der Waals surface area contributed by atoms with Crippen molar-refractivity contribution in [3.05, 3.63) is 75.8 Å². The van der Waals surface area contributed by atoms with Crippen molar-refractivity contribution >= 4 is 11.9 Å². The van der Waals surface area contributed by atoms with Crippen LogP contribution in [0.15, 0.2) is 63.5 Å². The number of rotatable bonds is 1. The lowest BCUT2D eigenvalue weighted by atomic mass is 9.87. The summed E-state index contributed by atoms with van der Waals surface area (Å²) in [6, 6.07) is 14.3. The van der Waals surface area contributed by atoms with E-state index in [1.165, 1.54) is 18.2 Å². The molecule has 4 nitrogen and oxygen atoms in total. The summed E-state index contributed by atoms with van der Waals surface area (Å²) in [5, 5.41) is 9.70. The summed E-state index contributed by atoms with van der Waals surface area (Å²) in [5.74, 6) is 0.190. The number of hydrogen-bond donors (Lipinski definition) is 1. The van der Waals surface area contributed by atoms with E-state index in [0.717, 1.165) is 22.3 Å². The number of carbonyl (C=O) groups is 1.